The molecule has 0 bridgehead atoms. The fourth-order valence-electron chi connectivity index (χ4n) is 3.66. The molecule has 5 nitrogen and oxygen atoms in total. The average Bonchev–Trinajstić information content (AvgIpc) is 3.00. The lowest BCUT2D eigenvalue weighted by atomic mass is 10.1. The van der Waals surface area contributed by atoms with Gasteiger partial charge in [0.15, 0.2) is 10.6 Å². The summed E-state index contributed by atoms with van der Waals surface area (Å²) in [4.78, 5) is 4.90. The molecule has 0 aliphatic carbocycles. The lowest BCUT2D eigenvalue weighted by Crippen LogP contribution is -2.46. The molecular weight excluding hydrogens is 402 g/mol. The van der Waals surface area contributed by atoms with Gasteiger partial charge in [0, 0.05) is 50.4 Å². The molecule has 0 saturated carbocycles. The molecule has 152 valence electrons. The summed E-state index contributed by atoms with van der Waals surface area (Å²) in [6.45, 7) is 7.87. The molecule has 0 atom stereocenters. The highest BCUT2D eigenvalue weighted by atomic mass is 35.5. The molecular formula is C22H26ClN5S. The van der Waals surface area contributed by atoms with Crippen LogP contribution in [0.2, 0.25) is 5.02 Å². The molecule has 1 aromatic heterocycles. The molecule has 1 saturated heterocycles. The Morgan fingerprint density at radius 2 is 1.55 bits per heavy atom. The number of halogens is 1. The highest BCUT2D eigenvalue weighted by Gasteiger charge is 2.19. The fraction of sp³-hybridized carbons (Fsp3) is 0.364. The summed E-state index contributed by atoms with van der Waals surface area (Å²) in [5.74, 6) is 0.913. The summed E-state index contributed by atoms with van der Waals surface area (Å²) in [5.41, 5.74) is 3.64. The molecule has 0 spiro atoms. The highest BCUT2D eigenvalue weighted by Crippen LogP contribution is 2.19. The van der Waals surface area contributed by atoms with Gasteiger partial charge in [0.05, 0.1) is 6.67 Å². The van der Waals surface area contributed by atoms with Crippen LogP contribution < -0.4 is 0 Å². The van der Waals surface area contributed by atoms with Crippen LogP contribution in [-0.4, -0.2) is 50.3 Å². The van der Waals surface area contributed by atoms with Crippen LogP contribution in [0, 0.1) is 11.7 Å². The third-order valence-corrected chi connectivity index (χ3v) is 6.21. The second-order valence-electron chi connectivity index (χ2n) is 7.69. The molecule has 29 heavy (non-hydrogen) atoms. The summed E-state index contributed by atoms with van der Waals surface area (Å²) in [7, 11) is 1.99. The summed E-state index contributed by atoms with van der Waals surface area (Å²) in [6, 6.07) is 16.6. The van der Waals surface area contributed by atoms with Crippen molar-refractivity contribution in [2.75, 3.05) is 26.2 Å². The van der Waals surface area contributed by atoms with Gasteiger partial charge in [-0.25, -0.2) is 4.68 Å². The number of hydrogen-bond donors (Lipinski definition) is 0. The number of piperazine rings is 1. The van der Waals surface area contributed by atoms with Crippen LogP contribution in [0.1, 0.15) is 11.1 Å². The first-order valence-corrected chi connectivity index (χ1v) is 10.7. The number of benzene rings is 2. The van der Waals surface area contributed by atoms with Gasteiger partial charge in [0.2, 0.25) is 0 Å². The van der Waals surface area contributed by atoms with E-state index in [4.69, 9.17) is 28.9 Å². The molecule has 0 radical (unpaired) electrons. The third kappa shape index (κ3) is 4.78. The Morgan fingerprint density at radius 1 is 0.931 bits per heavy atom. The number of rotatable bonds is 5. The van der Waals surface area contributed by atoms with Gasteiger partial charge in [-0.15, -0.1) is 0 Å². The first kappa shape index (κ1) is 20.3. The Labute approximate surface area is 182 Å². The Kier molecular flexibility index (Phi) is 6.15. The largest absolute Gasteiger partial charge is 0.303 e. The smallest absolute Gasteiger partial charge is 0.199 e. The van der Waals surface area contributed by atoms with Gasteiger partial charge in [-0.05, 0) is 36.8 Å². The van der Waals surface area contributed by atoms with Gasteiger partial charge >= 0.3 is 0 Å². The first-order chi connectivity index (χ1) is 14.0. The van der Waals surface area contributed by atoms with E-state index in [0.717, 1.165) is 60.6 Å². The van der Waals surface area contributed by atoms with Crippen LogP contribution in [0.5, 0.6) is 0 Å². The number of aromatic nitrogens is 3. The Hall–Kier alpha value is -1.99. The van der Waals surface area contributed by atoms with Crippen molar-refractivity contribution in [1.82, 2.24) is 24.1 Å². The predicted octanol–water partition coefficient (Wildman–Crippen LogP) is 4.36. The zero-order chi connectivity index (χ0) is 20.4. The normalized spacial score (nSPS) is 15.7. The predicted molar refractivity (Wildman–Crippen MR) is 121 cm³/mol. The van der Waals surface area contributed by atoms with Gasteiger partial charge in [0.25, 0.3) is 0 Å². The lowest BCUT2D eigenvalue weighted by molar-refractivity contribution is 0.0981. The molecule has 0 amide bonds. The maximum atomic E-state index is 5.98. The van der Waals surface area contributed by atoms with E-state index >= 15 is 0 Å². The highest BCUT2D eigenvalue weighted by molar-refractivity contribution is 7.71. The maximum Gasteiger partial charge on any atom is 0.199 e. The number of nitrogens with zero attached hydrogens (tertiary/aromatic N) is 5. The SMILES string of the molecule is Cc1ccc(-c2nn(CN3CCN(Cc4ccc(Cl)cc4)CC3)c(=S)n2C)cc1. The third-order valence-electron chi connectivity index (χ3n) is 5.47. The second-order valence-corrected chi connectivity index (χ2v) is 8.49. The van der Waals surface area contributed by atoms with Crippen molar-refractivity contribution in [3.63, 3.8) is 0 Å². The van der Waals surface area contributed by atoms with Crippen molar-refractivity contribution in [1.29, 1.82) is 0 Å². The zero-order valence-corrected chi connectivity index (χ0v) is 18.5. The van der Waals surface area contributed by atoms with Gasteiger partial charge in [-0.3, -0.25) is 9.80 Å². The van der Waals surface area contributed by atoms with Crippen molar-refractivity contribution < 1.29 is 0 Å². The van der Waals surface area contributed by atoms with Crippen LogP contribution in [-0.2, 0) is 20.3 Å². The second kappa shape index (κ2) is 8.79. The fourth-order valence-corrected chi connectivity index (χ4v) is 3.97. The van der Waals surface area contributed by atoms with Gasteiger partial charge in [-0.2, -0.15) is 5.10 Å². The molecule has 4 rings (SSSR count). The molecule has 0 unspecified atom stereocenters. The van der Waals surface area contributed by atoms with E-state index in [9.17, 15) is 0 Å². The monoisotopic (exact) mass is 427 g/mol. The van der Waals surface area contributed by atoms with Crippen molar-refractivity contribution in [2.45, 2.75) is 20.1 Å². The molecule has 7 heteroatoms. The minimum absolute atomic E-state index is 0.729. The molecule has 1 fully saturated rings. The van der Waals surface area contributed by atoms with E-state index in [0.29, 0.717) is 0 Å². The molecule has 1 aliphatic heterocycles. The minimum Gasteiger partial charge on any atom is -0.303 e. The van der Waals surface area contributed by atoms with Crippen molar-refractivity contribution in [3.8, 4) is 11.4 Å². The van der Waals surface area contributed by atoms with E-state index in [1.807, 2.05) is 28.4 Å². The number of hydrogen-bond acceptors (Lipinski definition) is 4. The first-order valence-electron chi connectivity index (χ1n) is 9.89. The molecule has 2 heterocycles. The van der Waals surface area contributed by atoms with Gasteiger partial charge < -0.3 is 4.57 Å². The topological polar surface area (TPSA) is 29.2 Å². The Morgan fingerprint density at radius 3 is 2.21 bits per heavy atom. The quantitative estimate of drug-likeness (QED) is 0.566. The van der Waals surface area contributed by atoms with E-state index in [-0.39, 0.29) is 0 Å². The average molecular weight is 428 g/mol. The molecule has 1 aliphatic rings. The summed E-state index contributed by atoms with van der Waals surface area (Å²) >= 11 is 11.6. The van der Waals surface area contributed by atoms with Crippen molar-refractivity contribution in [3.05, 3.63) is 69.5 Å². The van der Waals surface area contributed by atoms with Crippen LogP contribution >= 0.6 is 23.8 Å². The standard InChI is InChI=1S/C22H26ClN5S/c1-17-3-7-19(8-4-17)21-24-28(22(29)25(21)2)16-27-13-11-26(12-14-27)15-18-5-9-20(23)10-6-18/h3-10H,11-16H2,1-2H3. The van der Waals surface area contributed by atoms with E-state index < -0.39 is 0 Å². The molecule has 3 aromatic rings. The van der Waals surface area contributed by atoms with Crippen LogP contribution in [0.3, 0.4) is 0 Å². The van der Waals surface area contributed by atoms with Crippen molar-refractivity contribution >= 4 is 23.8 Å². The van der Waals surface area contributed by atoms with Gasteiger partial charge in [0.1, 0.15) is 0 Å². The van der Waals surface area contributed by atoms with Crippen molar-refractivity contribution in [2.24, 2.45) is 7.05 Å². The lowest BCUT2D eigenvalue weighted by Gasteiger charge is -2.34. The summed E-state index contributed by atoms with van der Waals surface area (Å²) < 4.78 is 4.69. The Bertz CT molecular complexity index is 1010. The Balaban J connectivity index is 1.38. The van der Waals surface area contributed by atoms with E-state index in [2.05, 4.69) is 53.1 Å². The maximum absolute atomic E-state index is 5.98. The molecule has 0 N–H and O–H groups in total. The van der Waals surface area contributed by atoms with Crippen LogP contribution in [0.15, 0.2) is 48.5 Å². The van der Waals surface area contributed by atoms with Crippen LogP contribution in [0.25, 0.3) is 11.4 Å². The minimum atomic E-state index is 0.729. The summed E-state index contributed by atoms with van der Waals surface area (Å²) in [5, 5.41) is 5.59. The summed E-state index contributed by atoms with van der Waals surface area (Å²) in [6.07, 6.45) is 0. The molecule has 2 aromatic carbocycles. The van der Waals surface area contributed by atoms with E-state index in [1.165, 1.54) is 11.1 Å². The number of aryl methyl sites for hydroxylation is 1. The van der Waals surface area contributed by atoms with Gasteiger partial charge in [-0.1, -0.05) is 53.6 Å². The zero-order valence-electron chi connectivity index (χ0n) is 16.9. The van der Waals surface area contributed by atoms with Crippen LogP contribution in [0.4, 0.5) is 0 Å². The van der Waals surface area contributed by atoms with E-state index in [1.54, 1.807) is 0 Å².